The number of methoxy groups -OCH3 is 1. The minimum absolute atomic E-state index is 0.727. The largest absolute Gasteiger partial charge is 0.478 e. The Morgan fingerprint density at radius 1 is 1.05 bits per heavy atom. The van der Waals surface area contributed by atoms with E-state index in [1.54, 1.807) is 7.11 Å². The van der Waals surface area contributed by atoms with Crippen LogP contribution in [0.3, 0.4) is 0 Å². The van der Waals surface area contributed by atoms with Gasteiger partial charge in [0.05, 0.1) is 13.2 Å². The van der Waals surface area contributed by atoms with E-state index in [0.717, 1.165) is 70.3 Å². The Morgan fingerprint density at radius 2 is 1.76 bits per heavy atom. The number of nitrogens with zero attached hydrogens (tertiary/aromatic N) is 3. The van der Waals surface area contributed by atoms with Crippen molar-refractivity contribution in [1.29, 1.82) is 0 Å². The van der Waals surface area contributed by atoms with E-state index in [1.807, 2.05) is 25.3 Å². The molecular weight excluding hydrogens is 266 g/mol. The highest BCUT2D eigenvalue weighted by Crippen LogP contribution is 2.07. The van der Waals surface area contributed by atoms with Gasteiger partial charge in [-0.05, 0) is 18.9 Å². The van der Waals surface area contributed by atoms with E-state index < -0.39 is 0 Å². The van der Waals surface area contributed by atoms with Crippen molar-refractivity contribution in [3.05, 3.63) is 23.9 Å². The summed E-state index contributed by atoms with van der Waals surface area (Å²) in [6.45, 7) is 10.3. The molecule has 1 aromatic rings. The van der Waals surface area contributed by atoms with Crippen LogP contribution in [-0.4, -0.2) is 74.4 Å². The lowest BCUT2D eigenvalue weighted by Gasteiger charge is -2.34. The van der Waals surface area contributed by atoms with Crippen molar-refractivity contribution >= 4 is 0 Å². The van der Waals surface area contributed by atoms with E-state index in [0.29, 0.717) is 0 Å². The molecule has 0 aromatic carbocycles. The predicted molar refractivity (Wildman–Crippen MR) is 83.8 cm³/mol. The van der Waals surface area contributed by atoms with Crippen LogP contribution >= 0.6 is 0 Å². The minimum Gasteiger partial charge on any atom is -0.478 e. The number of pyridine rings is 1. The molecule has 0 radical (unpaired) electrons. The Labute approximate surface area is 127 Å². The monoisotopic (exact) mass is 293 g/mol. The van der Waals surface area contributed by atoms with Gasteiger partial charge in [-0.25, -0.2) is 4.98 Å². The lowest BCUT2D eigenvalue weighted by atomic mass is 10.3. The van der Waals surface area contributed by atoms with Crippen LogP contribution in [0.4, 0.5) is 0 Å². The number of rotatable bonds is 8. The van der Waals surface area contributed by atoms with Gasteiger partial charge in [-0.3, -0.25) is 4.90 Å². The third-order valence-electron chi connectivity index (χ3n) is 3.83. The topological polar surface area (TPSA) is 37.8 Å². The Hall–Kier alpha value is -1.17. The van der Waals surface area contributed by atoms with Gasteiger partial charge in [0, 0.05) is 58.6 Å². The van der Waals surface area contributed by atoms with E-state index in [1.165, 1.54) is 0 Å². The van der Waals surface area contributed by atoms with Crippen molar-refractivity contribution in [1.82, 2.24) is 14.8 Å². The summed E-state index contributed by atoms with van der Waals surface area (Å²) < 4.78 is 10.8. The third kappa shape index (κ3) is 5.99. The highest BCUT2D eigenvalue weighted by atomic mass is 16.5. The molecule has 0 atom stereocenters. The fourth-order valence-electron chi connectivity index (χ4n) is 2.46. The normalized spacial score (nSPS) is 17.0. The molecule has 0 N–H and O–H groups in total. The van der Waals surface area contributed by atoms with Crippen LogP contribution < -0.4 is 4.74 Å². The molecule has 2 heterocycles. The maximum Gasteiger partial charge on any atom is 0.213 e. The molecule has 21 heavy (non-hydrogen) atoms. The first-order chi connectivity index (χ1) is 10.3. The van der Waals surface area contributed by atoms with Crippen LogP contribution in [0.15, 0.2) is 18.3 Å². The van der Waals surface area contributed by atoms with Crippen LogP contribution in [0.2, 0.25) is 0 Å². The Morgan fingerprint density at radius 3 is 2.38 bits per heavy atom. The van der Waals surface area contributed by atoms with Gasteiger partial charge in [-0.2, -0.15) is 0 Å². The zero-order chi connectivity index (χ0) is 14.9. The van der Waals surface area contributed by atoms with E-state index in [2.05, 4.69) is 14.8 Å². The molecule has 1 saturated heterocycles. The molecule has 1 aliphatic rings. The number of hydrogen-bond acceptors (Lipinski definition) is 5. The summed E-state index contributed by atoms with van der Waals surface area (Å²) in [6.07, 6.45) is 2.89. The van der Waals surface area contributed by atoms with Crippen LogP contribution in [0.1, 0.15) is 12.0 Å². The van der Waals surface area contributed by atoms with Gasteiger partial charge in [0.15, 0.2) is 0 Å². The second kappa shape index (κ2) is 8.97. The molecule has 5 nitrogen and oxygen atoms in total. The predicted octanol–water partition coefficient (Wildman–Crippen LogP) is 1.42. The highest BCUT2D eigenvalue weighted by molar-refractivity contribution is 5.16. The highest BCUT2D eigenvalue weighted by Gasteiger charge is 2.15. The van der Waals surface area contributed by atoms with E-state index in [4.69, 9.17) is 9.47 Å². The second-order valence-electron chi connectivity index (χ2n) is 5.55. The summed E-state index contributed by atoms with van der Waals surface area (Å²) in [7, 11) is 1.76. The molecular formula is C16H27N3O2. The second-order valence-corrected chi connectivity index (χ2v) is 5.55. The summed E-state index contributed by atoms with van der Waals surface area (Å²) in [4.78, 5) is 9.22. The van der Waals surface area contributed by atoms with Crippen LogP contribution in [-0.2, 0) is 4.74 Å². The lowest BCUT2D eigenvalue weighted by Crippen LogP contribution is -2.47. The zero-order valence-electron chi connectivity index (χ0n) is 13.3. The van der Waals surface area contributed by atoms with Gasteiger partial charge >= 0.3 is 0 Å². The standard InChI is InChI=1S/C16H27N3O2/c1-15-4-5-16(17-14-15)21-12-3-6-18-7-9-19(10-8-18)11-13-20-2/h4-5,14H,3,6-13H2,1-2H3. The number of hydrogen-bond donors (Lipinski definition) is 0. The maximum atomic E-state index is 5.66. The molecule has 1 aromatic heterocycles. The van der Waals surface area contributed by atoms with Crippen molar-refractivity contribution < 1.29 is 9.47 Å². The van der Waals surface area contributed by atoms with Gasteiger partial charge < -0.3 is 14.4 Å². The summed E-state index contributed by atoms with van der Waals surface area (Å²) >= 11 is 0. The third-order valence-corrected chi connectivity index (χ3v) is 3.83. The van der Waals surface area contributed by atoms with E-state index in [-0.39, 0.29) is 0 Å². The van der Waals surface area contributed by atoms with E-state index >= 15 is 0 Å². The van der Waals surface area contributed by atoms with Crippen LogP contribution in [0, 0.1) is 6.92 Å². The average Bonchev–Trinajstić information content (AvgIpc) is 2.52. The van der Waals surface area contributed by atoms with Gasteiger partial charge in [0.2, 0.25) is 5.88 Å². The van der Waals surface area contributed by atoms with Gasteiger partial charge in [-0.1, -0.05) is 6.07 Å². The average molecular weight is 293 g/mol. The lowest BCUT2D eigenvalue weighted by molar-refractivity contribution is 0.0940. The molecule has 0 spiro atoms. The Kier molecular flexibility index (Phi) is 6.92. The van der Waals surface area contributed by atoms with Crippen molar-refractivity contribution in [3.63, 3.8) is 0 Å². The van der Waals surface area contributed by atoms with Crippen molar-refractivity contribution in [2.45, 2.75) is 13.3 Å². The number of aromatic nitrogens is 1. The molecule has 0 bridgehead atoms. The molecule has 1 aliphatic heterocycles. The Bertz CT molecular complexity index is 389. The molecule has 0 saturated carbocycles. The van der Waals surface area contributed by atoms with Crippen molar-refractivity contribution in [2.24, 2.45) is 0 Å². The number of ether oxygens (including phenoxy) is 2. The molecule has 0 unspecified atom stereocenters. The fourth-order valence-corrected chi connectivity index (χ4v) is 2.46. The van der Waals surface area contributed by atoms with Gasteiger partial charge in [0.1, 0.15) is 0 Å². The minimum atomic E-state index is 0.727. The van der Waals surface area contributed by atoms with Gasteiger partial charge in [0.25, 0.3) is 0 Å². The summed E-state index contributed by atoms with van der Waals surface area (Å²) in [5.41, 5.74) is 1.16. The first kappa shape index (κ1) is 16.2. The molecule has 0 amide bonds. The first-order valence-corrected chi connectivity index (χ1v) is 7.77. The SMILES string of the molecule is COCCN1CCN(CCCOc2ccc(C)cn2)CC1. The molecule has 0 aliphatic carbocycles. The van der Waals surface area contributed by atoms with E-state index in [9.17, 15) is 0 Å². The van der Waals surface area contributed by atoms with Crippen LogP contribution in [0.25, 0.3) is 0 Å². The number of aryl methyl sites for hydroxylation is 1. The maximum absolute atomic E-state index is 5.66. The summed E-state index contributed by atoms with van der Waals surface area (Å²) in [5.74, 6) is 0.727. The number of piperazine rings is 1. The zero-order valence-corrected chi connectivity index (χ0v) is 13.3. The van der Waals surface area contributed by atoms with Gasteiger partial charge in [-0.15, -0.1) is 0 Å². The van der Waals surface area contributed by atoms with Crippen molar-refractivity contribution in [3.8, 4) is 5.88 Å². The van der Waals surface area contributed by atoms with Crippen LogP contribution in [0.5, 0.6) is 5.88 Å². The fraction of sp³-hybridized carbons (Fsp3) is 0.688. The van der Waals surface area contributed by atoms with Crippen molar-refractivity contribution in [2.75, 3.05) is 59.6 Å². The molecule has 118 valence electrons. The molecule has 2 rings (SSSR count). The molecule has 1 fully saturated rings. The Balaban J connectivity index is 1.54. The first-order valence-electron chi connectivity index (χ1n) is 7.77. The smallest absolute Gasteiger partial charge is 0.213 e. The molecule has 5 heteroatoms. The summed E-state index contributed by atoms with van der Waals surface area (Å²) in [6, 6.07) is 3.96. The quantitative estimate of drug-likeness (QED) is 0.678. The summed E-state index contributed by atoms with van der Waals surface area (Å²) in [5, 5.41) is 0.